The Morgan fingerprint density at radius 1 is 1.07 bits per heavy atom. The summed E-state index contributed by atoms with van der Waals surface area (Å²) < 4.78 is 10.9. The van der Waals surface area contributed by atoms with Gasteiger partial charge in [0.25, 0.3) is 0 Å². The van der Waals surface area contributed by atoms with Gasteiger partial charge in [0.2, 0.25) is 0 Å². The van der Waals surface area contributed by atoms with Crippen LogP contribution in [0.2, 0.25) is 0 Å². The lowest BCUT2D eigenvalue weighted by atomic mass is 9.89. The number of hydrogen-bond donors (Lipinski definition) is 1. The monoisotopic (exact) mass is 369 g/mol. The van der Waals surface area contributed by atoms with Crippen molar-refractivity contribution in [3.8, 4) is 11.5 Å². The van der Waals surface area contributed by atoms with Crippen molar-refractivity contribution >= 4 is 5.97 Å². The molecule has 0 aliphatic carbocycles. The van der Waals surface area contributed by atoms with Crippen LogP contribution < -0.4 is 9.47 Å². The molecule has 1 N–H and O–H groups in total. The Balaban J connectivity index is 1.99. The van der Waals surface area contributed by atoms with Gasteiger partial charge in [-0.05, 0) is 61.7 Å². The van der Waals surface area contributed by atoms with Gasteiger partial charge in [0, 0.05) is 0 Å². The van der Waals surface area contributed by atoms with Crippen molar-refractivity contribution in [2.75, 3.05) is 27.3 Å². The highest BCUT2D eigenvalue weighted by molar-refractivity contribution is 5.70. The van der Waals surface area contributed by atoms with Crippen molar-refractivity contribution in [2.24, 2.45) is 5.92 Å². The van der Waals surface area contributed by atoms with Crippen molar-refractivity contribution in [3.63, 3.8) is 0 Å². The van der Waals surface area contributed by atoms with Crippen LogP contribution in [0.5, 0.6) is 11.5 Å². The average Bonchev–Trinajstić information content (AvgIpc) is 2.70. The summed E-state index contributed by atoms with van der Waals surface area (Å²) in [5.74, 6) is 0.473. The molecule has 1 atom stereocenters. The lowest BCUT2D eigenvalue weighted by molar-refractivity contribution is -0.143. The molecular weight excluding hydrogens is 342 g/mol. The van der Waals surface area contributed by atoms with Gasteiger partial charge in [0.05, 0.1) is 26.2 Å². The van der Waals surface area contributed by atoms with Crippen LogP contribution in [0, 0.1) is 12.8 Å². The van der Waals surface area contributed by atoms with Crippen LogP contribution in [-0.2, 0) is 4.79 Å². The van der Waals surface area contributed by atoms with Gasteiger partial charge in [-0.1, -0.05) is 30.3 Å². The number of aryl methyl sites for hydroxylation is 1. The minimum atomic E-state index is -0.687. The molecule has 3 rings (SSSR count). The number of carbonyl (C=O) groups is 1. The number of rotatable bonds is 6. The Bertz CT molecular complexity index is 797. The maximum Gasteiger partial charge on any atom is 0.306 e. The largest absolute Gasteiger partial charge is 0.493 e. The molecule has 1 saturated heterocycles. The standard InChI is InChI=1S/C22H27NO4/c1-15-6-4-5-7-18(15)21(23-12-10-16(11-13-23)22(24)25)17-8-9-19(26-2)20(14-17)27-3/h4-9,14,16,21H,10-13H2,1-3H3,(H,24,25). The highest BCUT2D eigenvalue weighted by Gasteiger charge is 2.31. The number of ether oxygens (including phenoxy) is 2. The van der Waals surface area contributed by atoms with Gasteiger partial charge in [-0.2, -0.15) is 0 Å². The fraction of sp³-hybridized carbons (Fsp3) is 0.409. The summed E-state index contributed by atoms with van der Waals surface area (Å²) >= 11 is 0. The zero-order valence-electron chi connectivity index (χ0n) is 16.1. The Labute approximate surface area is 160 Å². The van der Waals surface area contributed by atoms with E-state index in [0.717, 1.165) is 18.7 Å². The predicted molar refractivity (Wildman–Crippen MR) is 105 cm³/mol. The molecule has 1 fully saturated rings. The van der Waals surface area contributed by atoms with E-state index >= 15 is 0 Å². The summed E-state index contributed by atoms with van der Waals surface area (Å²) in [6.45, 7) is 3.63. The molecule has 0 amide bonds. The van der Waals surface area contributed by atoms with E-state index in [1.807, 2.05) is 18.2 Å². The second-order valence-electron chi connectivity index (χ2n) is 7.02. The van der Waals surface area contributed by atoms with E-state index in [1.54, 1.807) is 14.2 Å². The number of nitrogens with zero attached hydrogens (tertiary/aromatic N) is 1. The number of hydrogen-bond acceptors (Lipinski definition) is 4. The molecule has 1 aliphatic heterocycles. The quantitative estimate of drug-likeness (QED) is 0.837. The van der Waals surface area contributed by atoms with Crippen molar-refractivity contribution in [3.05, 3.63) is 59.2 Å². The topological polar surface area (TPSA) is 59.0 Å². The Morgan fingerprint density at radius 3 is 2.33 bits per heavy atom. The van der Waals surface area contributed by atoms with Crippen LogP contribution in [0.1, 0.15) is 35.6 Å². The molecule has 0 radical (unpaired) electrons. The zero-order valence-corrected chi connectivity index (χ0v) is 16.1. The van der Waals surface area contributed by atoms with Crippen molar-refractivity contribution in [1.29, 1.82) is 0 Å². The highest BCUT2D eigenvalue weighted by Crippen LogP contribution is 2.38. The second kappa shape index (κ2) is 8.44. The zero-order chi connectivity index (χ0) is 19.4. The van der Waals surface area contributed by atoms with Crippen molar-refractivity contribution in [1.82, 2.24) is 4.90 Å². The lowest BCUT2D eigenvalue weighted by Crippen LogP contribution is -2.39. The summed E-state index contributed by atoms with van der Waals surface area (Å²) in [5, 5.41) is 9.32. The molecule has 5 heteroatoms. The first-order chi connectivity index (χ1) is 13.0. The molecule has 0 bridgehead atoms. The van der Waals surface area contributed by atoms with Gasteiger partial charge in [0.1, 0.15) is 0 Å². The van der Waals surface area contributed by atoms with E-state index in [-0.39, 0.29) is 12.0 Å². The Kier molecular flexibility index (Phi) is 6.01. The number of carboxylic acids is 1. The minimum Gasteiger partial charge on any atom is -0.493 e. The minimum absolute atomic E-state index is 0.0563. The third kappa shape index (κ3) is 4.08. The van der Waals surface area contributed by atoms with Crippen LogP contribution in [-0.4, -0.2) is 43.3 Å². The average molecular weight is 369 g/mol. The number of benzene rings is 2. The third-order valence-electron chi connectivity index (χ3n) is 5.45. The van der Waals surface area contributed by atoms with Gasteiger partial charge in [-0.15, -0.1) is 0 Å². The molecule has 0 saturated carbocycles. The fourth-order valence-electron chi connectivity index (χ4n) is 3.91. The van der Waals surface area contributed by atoms with Gasteiger partial charge in [-0.25, -0.2) is 0 Å². The molecule has 144 valence electrons. The summed E-state index contributed by atoms with van der Waals surface area (Å²) in [6.07, 6.45) is 1.34. The summed E-state index contributed by atoms with van der Waals surface area (Å²) in [4.78, 5) is 13.7. The molecule has 0 aromatic heterocycles. The first-order valence-electron chi connectivity index (χ1n) is 9.29. The number of methoxy groups -OCH3 is 2. The van der Waals surface area contributed by atoms with Crippen molar-refractivity contribution < 1.29 is 19.4 Å². The van der Waals surface area contributed by atoms with Crippen LogP contribution in [0.15, 0.2) is 42.5 Å². The maximum atomic E-state index is 11.3. The van der Waals surface area contributed by atoms with Gasteiger partial charge >= 0.3 is 5.97 Å². The first kappa shape index (κ1) is 19.2. The number of aliphatic carboxylic acids is 1. The van der Waals surface area contributed by atoms with Crippen LogP contribution in [0.4, 0.5) is 0 Å². The second-order valence-corrected chi connectivity index (χ2v) is 7.02. The summed E-state index contributed by atoms with van der Waals surface area (Å²) in [7, 11) is 3.27. The van der Waals surface area contributed by atoms with Crippen LogP contribution in [0.3, 0.4) is 0 Å². The molecule has 27 heavy (non-hydrogen) atoms. The smallest absolute Gasteiger partial charge is 0.306 e. The van der Waals surface area contributed by atoms with E-state index in [0.29, 0.717) is 24.3 Å². The Morgan fingerprint density at radius 2 is 1.74 bits per heavy atom. The molecular formula is C22H27NO4. The predicted octanol–water partition coefficient (Wildman–Crippen LogP) is 3.90. The van der Waals surface area contributed by atoms with Gasteiger partial charge < -0.3 is 14.6 Å². The molecule has 5 nitrogen and oxygen atoms in total. The SMILES string of the molecule is COc1ccc(C(c2ccccc2C)N2CCC(C(=O)O)CC2)cc1OC. The maximum absolute atomic E-state index is 11.3. The molecule has 2 aromatic rings. The number of likely N-dealkylation sites (tertiary alicyclic amines) is 1. The first-order valence-corrected chi connectivity index (χ1v) is 9.29. The molecule has 1 aliphatic rings. The van der Waals surface area contributed by atoms with Crippen molar-refractivity contribution in [2.45, 2.75) is 25.8 Å². The van der Waals surface area contributed by atoms with Crippen LogP contribution in [0.25, 0.3) is 0 Å². The molecule has 1 heterocycles. The van der Waals surface area contributed by atoms with E-state index in [2.05, 4.69) is 36.1 Å². The highest BCUT2D eigenvalue weighted by atomic mass is 16.5. The molecule has 2 aromatic carbocycles. The third-order valence-corrected chi connectivity index (χ3v) is 5.45. The molecule has 0 spiro atoms. The Hall–Kier alpha value is -2.53. The lowest BCUT2D eigenvalue weighted by Gasteiger charge is -2.37. The fourth-order valence-corrected chi connectivity index (χ4v) is 3.91. The molecule has 1 unspecified atom stereocenters. The van der Waals surface area contributed by atoms with E-state index < -0.39 is 5.97 Å². The van der Waals surface area contributed by atoms with E-state index in [1.165, 1.54) is 11.1 Å². The van der Waals surface area contributed by atoms with E-state index in [9.17, 15) is 9.90 Å². The van der Waals surface area contributed by atoms with Gasteiger partial charge in [0.15, 0.2) is 11.5 Å². The normalized spacial score (nSPS) is 16.7. The van der Waals surface area contributed by atoms with Crippen LogP contribution >= 0.6 is 0 Å². The summed E-state index contributed by atoms with van der Waals surface area (Å²) in [6, 6.07) is 14.5. The van der Waals surface area contributed by atoms with Gasteiger partial charge in [-0.3, -0.25) is 9.69 Å². The number of carboxylic acid groups (broad SMARTS) is 1. The van der Waals surface area contributed by atoms with E-state index in [4.69, 9.17) is 9.47 Å². The summed E-state index contributed by atoms with van der Waals surface area (Å²) in [5.41, 5.74) is 3.58. The number of piperidine rings is 1.